The summed E-state index contributed by atoms with van der Waals surface area (Å²) in [4.78, 5) is 19.4. The summed E-state index contributed by atoms with van der Waals surface area (Å²) in [6, 6.07) is 3.00. The van der Waals surface area contributed by atoms with Crippen molar-refractivity contribution in [2.24, 2.45) is 0 Å². The Hall–Kier alpha value is -2.44. The smallest absolute Gasteiger partial charge is 0.216 e. The van der Waals surface area contributed by atoms with E-state index in [9.17, 15) is 18.0 Å². The quantitative estimate of drug-likeness (QED) is 0.638. The molecule has 0 radical (unpaired) electrons. The Balaban J connectivity index is 2.26. The average molecular weight is 282 g/mol. The number of halogens is 3. The van der Waals surface area contributed by atoms with Crippen molar-refractivity contribution in [1.82, 2.24) is 9.97 Å². The molecule has 104 valence electrons. The van der Waals surface area contributed by atoms with Crippen molar-refractivity contribution in [3.63, 3.8) is 0 Å². The predicted molar refractivity (Wildman–Crippen MR) is 62.9 cm³/mol. The van der Waals surface area contributed by atoms with Crippen molar-refractivity contribution < 1.29 is 22.7 Å². The highest BCUT2D eigenvalue weighted by atomic mass is 19.2. The van der Waals surface area contributed by atoms with Crippen LogP contribution in [-0.4, -0.2) is 22.9 Å². The number of ketones is 1. The summed E-state index contributed by atoms with van der Waals surface area (Å²) in [6.07, 6.45) is 0.907. The maximum atomic E-state index is 13.5. The lowest BCUT2D eigenvalue weighted by molar-refractivity contribution is 0.0986. The van der Waals surface area contributed by atoms with Crippen LogP contribution in [0.15, 0.2) is 24.5 Å². The minimum atomic E-state index is -1.67. The van der Waals surface area contributed by atoms with Crippen LogP contribution in [0.5, 0.6) is 5.88 Å². The first kappa shape index (κ1) is 14.0. The molecule has 0 amide bonds. The number of ether oxygens (including phenoxy) is 1. The molecule has 0 aliphatic carbocycles. The second-order valence-electron chi connectivity index (χ2n) is 3.87. The van der Waals surface area contributed by atoms with E-state index in [4.69, 9.17) is 4.74 Å². The van der Waals surface area contributed by atoms with Gasteiger partial charge in [-0.25, -0.2) is 23.1 Å². The summed E-state index contributed by atoms with van der Waals surface area (Å²) < 4.78 is 44.2. The van der Waals surface area contributed by atoms with Gasteiger partial charge in [-0.05, 0) is 12.1 Å². The first-order valence-electron chi connectivity index (χ1n) is 5.54. The molecule has 0 aliphatic heterocycles. The maximum Gasteiger partial charge on any atom is 0.216 e. The molecule has 20 heavy (non-hydrogen) atoms. The van der Waals surface area contributed by atoms with Gasteiger partial charge in [0, 0.05) is 6.07 Å². The molecule has 1 aromatic heterocycles. The van der Waals surface area contributed by atoms with Crippen molar-refractivity contribution in [2.45, 2.75) is 6.42 Å². The Kier molecular flexibility index (Phi) is 3.97. The van der Waals surface area contributed by atoms with Gasteiger partial charge < -0.3 is 4.74 Å². The van der Waals surface area contributed by atoms with Crippen LogP contribution in [0.4, 0.5) is 13.2 Å². The molecule has 0 atom stereocenters. The fraction of sp³-hybridized carbons (Fsp3) is 0.154. The number of nitrogens with zero attached hydrogens (tertiary/aromatic N) is 2. The highest BCUT2D eigenvalue weighted by Gasteiger charge is 2.19. The summed E-state index contributed by atoms with van der Waals surface area (Å²) in [5.74, 6) is -4.99. The Labute approximate surface area is 112 Å². The first-order chi connectivity index (χ1) is 9.52. The molecule has 7 heteroatoms. The van der Waals surface area contributed by atoms with E-state index in [2.05, 4.69) is 9.97 Å². The van der Waals surface area contributed by atoms with Gasteiger partial charge in [-0.2, -0.15) is 0 Å². The molecule has 0 unspecified atom stereocenters. The van der Waals surface area contributed by atoms with Crippen LogP contribution < -0.4 is 4.74 Å². The molecular formula is C13H9F3N2O2. The summed E-state index contributed by atoms with van der Waals surface area (Å²) >= 11 is 0. The molecule has 0 aliphatic rings. The molecule has 1 heterocycles. The number of aromatic nitrogens is 2. The SMILES string of the molecule is COc1cc(CC(=O)c2ccc(F)c(F)c2F)ncn1. The topological polar surface area (TPSA) is 52.1 Å². The van der Waals surface area contributed by atoms with Crippen LogP contribution in [0.1, 0.15) is 16.1 Å². The normalized spacial score (nSPS) is 10.4. The molecule has 0 bridgehead atoms. The van der Waals surface area contributed by atoms with E-state index in [-0.39, 0.29) is 18.0 Å². The van der Waals surface area contributed by atoms with Crippen molar-refractivity contribution in [3.05, 3.63) is 53.2 Å². The molecule has 0 spiro atoms. The van der Waals surface area contributed by atoms with E-state index < -0.39 is 28.8 Å². The number of carbonyl (C=O) groups is 1. The minimum absolute atomic E-state index is 0.244. The molecule has 0 fully saturated rings. The van der Waals surface area contributed by atoms with Crippen LogP contribution in [0.3, 0.4) is 0 Å². The zero-order valence-electron chi connectivity index (χ0n) is 10.4. The molecular weight excluding hydrogens is 273 g/mol. The van der Waals surface area contributed by atoms with E-state index in [1.807, 2.05) is 0 Å². The number of benzene rings is 1. The number of hydrogen-bond acceptors (Lipinski definition) is 4. The third kappa shape index (κ3) is 2.76. The van der Waals surface area contributed by atoms with Crippen LogP contribution in [0, 0.1) is 17.5 Å². The zero-order chi connectivity index (χ0) is 14.7. The third-order valence-corrected chi connectivity index (χ3v) is 2.59. The van der Waals surface area contributed by atoms with E-state index >= 15 is 0 Å². The third-order valence-electron chi connectivity index (χ3n) is 2.59. The van der Waals surface area contributed by atoms with Gasteiger partial charge in [0.25, 0.3) is 0 Å². The number of methoxy groups -OCH3 is 1. The van der Waals surface area contributed by atoms with Gasteiger partial charge in [-0.1, -0.05) is 0 Å². The molecule has 4 nitrogen and oxygen atoms in total. The van der Waals surface area contributed by atoms with Gasteiger partial charge in [-0.15, -0.1) is 0 Å². The van der Waals surface area contributed by atoms with Crippen molar-refractivity contribution in [1.29, 1.82) is 0 Å². The second kappa shape index (κ2) is 5.68. The maximum absolute atomic E-state index is 13.5. The zero-order valence-corrected chi connectivity index (χ0v) is 10.4. The largest absolute Gasteiger partial charge is 0.481 e. The molecule has 0 N–H and O–H groups in total. The summed E-state index contributed by atoms with van der Waals surface area (Å²) in [5.41, 5.74) is -0.243. The predicted octanol–water partition coefficient (Wildman–Crippen LogP) is 2.33. The molecule has 2 aromatic rings. The van der Waals surface area contributed by atoms with Gasteiger partial charge in [0.05, 0.1) is 24.8 Å². The lowest BCUT2D eigenvalue weighted by Gasteiger charge is -2.05. The Morgan fingerprint density at radius 1 is 1.20 bits per heavy atom. The van der Waals surface area contributed by atoms with Gasteiger partial charge in [0.15, 0.2) is 23.2 Å². The fourth-order valence-corrected chi connectivity index (χ4v) is 1.59. The van der Waals surface area contributed by atoms with Gasteiger partial charge in [0.1, 0.15) is 6.33 Å². The molecule has 2 rings (SSSR count). The number of hydrogen-bond donors (Lipinski definition) is 0. The van der Waals surface area contributed by atoms with Gasteiger partial charge in [0.2, 0.25) is 5.88 Å². The van der Waals surface area contributed by atoms with Crippen molar-refractivity contribution in [2.75, 3.05) is 7.11 Å². The summed E-state index contributed by atoms with van der Waals surface area (Å²) in [5, 5.41) is 0. The van der Waals surface area contributed by atoms with Crippen LogP contribution in [-0.2, 0) is 6.42 Å². The van der Waals surface area contributed by atoms with Gasteiger partial charge in [-0.3, -0.25) is 4.79 Å². The van der Waals surface area contributed by atoms with Crippen LogP contribution >= 0.6 is 0 Å². The molecule has 1 aromatic carbocycles. The van der Waals surface area contributed by atoms with Crippen LogP contribution in [0.25, 0.3) is 0 Å². The number of rotatable bonds is 4. The van der Waals surface area contributed by atoms with E-state index in [1.165, 1.54) is 19.5 Å². The Bertz CT molecular complexity index is 662. The lowest BCUT2D eigenvalue weighted by atomic mass is 10.1. The summed E-state index contributed by atoms with van der Waals surface area (Å²) in [6.45, 7) is 0. The summed E-state index contributed by atoms with van der Waals surface area (Å²) in [7, 11) is 1.39. The number of Topliss-reactive ketones (excluding diaryl/α,β-unsaturated/α-hetero) is 1. The van der Waals surface area contributed by atoms with Crippen molar-refractivity contribution in [3.8, 4) is 5.88 Å². The molecule has 0 saturated heterocycles. The van der Waals surface area contributed by atoms with Gasteiger partial charge >= 0.3 is 0 Å². The average Bonchev–Trinajstić information content (AvgIpc) is 2.45. The monoisotopic (exact) mass is 282 g/mol. The van der Waals surface area contributed by atoms with E-state index in [0.29, 0.717) is 6.07 Å². The Morgan fingerprint density at radius 2 is 1.95 bits per heavy atom. The van der Waals surface area contributed by atoms with E-state index in [1.54, 1.807) is 0 Å². The second-order valence-corrected chi connectivity index (χ2v) is 3.87. The first-order valence-corrected chi connectivity index (χ1v) is 5.54. The molecule has 0 saturated carbocycles. The number of carbonyl (C=O) groups excluding carboxylic acids is 1. The standard InChI is InChI=1S/C13H9F3N2O2/c1-20-11-5-7(17-6-18-11)4-10(19)8-2-3-9(14)13(16)12(8)15/h2-3,5-6H,4H2,1H3. The Morgan fingerprint density at radius 3 is 2.65 bits per heavy atom. The minimum Gasteiger partial charge on any atom is -0.481 e. The highest BCUT2D eigenvalue weighted by Crippen LogP contribution is 2.17. The lowest BCUT2D eigenvalue weighted by Crippen LogP contribution is -2.10. The van der Waals surface area contributed by atoms with Crippen LogP contribution in [0.2, 0.25) is 0 Å². The fourth-order valence-electron chi connectivity index (χ4n) is 1.59. The highest BCUT2D eigenvalue weighted by molar-refractivity contribution is 5.97. The van der Waals surface area contributed by atoms with E-state index in [0.717, 1.165) is 6.07 Å². The van der Waals surface area contributed by atoms with Crippen molar-refractivity contribution >= 4 is 5.78 Å².